The van der Waals surface area contributed by atoms with Gasteiger partial charge in [0.15, 0.2) is 0 Å². The molecule has 0 N–H and O–H groups in total. The summed E-state index contributed by atoms with van der Waals surface area (Å²) >= 11 is 0. The Morgan fingerprint density at radius 1 is 0.739 bits per heavy atom. The Labute approximate surface area is 140 Å². The van der Waals surface area contributed by atoms with Crippen molar-refractivity contribution in [1.29, 1.82) is 0 Å². The van der Waals surface area contributed by atoms with Gasteiger partial charge in [0.1, 0.15) is 0 Å². The van der Waals surface area contributed by atoms with Gasteiger partial charge in [-0.15, -0.1) is 0 Å². The first-order valence-electron chi connectivity index (χ1n) is 8.87. The van der Waals surface area contributed by atoms with Crippen molar-refractivity contribution in [3.63, 3.8) is 0 Å². The van der Waals surface area contributed by atoms with Crippen LogP contribution in [0.2, 0.25) is 0 Å². The molecule has 0 fully saturated rings. The smallest absolute Gasteiger partial charge is 0.331 e. The highest BCUT2D eigenvalue weighted by molar-refractivity contribution is 5.91. The van der Waals surface area contributed by atoms with Crippen molar-refractivity contribution >= 4 is 11.9 Å². The number of carbonyl (C=O) groups is 2. The van der Waals surface area contributed by atoms with Crippen molar-refractivity contribution in [3.8, 4) is 0 Å². The number of hydrogen-bond donors (Lipinski definition) is 0. The molecule has 0 spiro atoms. The van der Waals surface area contributed by atoms with Crippen LogP contribution in [0, 0.1) is 0 Å². The molecule has 0 saturated heterocycles. The zero-order valence-corrected chi connectivity index (χ0v) is 14.7. The summed E-state index contributed by atoms with van der Waals surface area (Å²) in [6, 6.07) is 0. The summed E-state index contributed by atoms with van der Waals surface area (Å²) in [5, 5.41) is 0. The zero-order valence-electron chi connectivity index (χ0n) is 14.7. The molecule has 0 amide bonds. The maximum Gasteiger partial charge on any atom is 0.331 e. The summed E-state index contributed by atoms with van der Waals surface area (Å²) in [6.45, 7) is 4.98. The normalized spacial score (nSPS) is 11.2. The zero-order chi connectivity index (χ0) is 17.2. The Morgan fingerprint density at radius 2 is 1.30 bits per heavy atom. The predicted octanol–water partition coefficient (Wildman–Crippen LogP) is 4.74. The second kappa shape index (κ2) is 16.8. The van der Waals surface area contributed by atoms with Gasteiger partial charge in [0.05, 0.1) is 13.2 Å². The van der Waals surface area contributed by atoms with Crippen LogP contribution in [0.25, 0.3) is 0 Å². The fourth-order valence-corrected chi connectivity index (χ4v) is 1.98. The van der Waals surface area contributed by atoms with Gasteiger partial charge >= 0.3 is 11.9 Å². The third-order valence-electron chi connectivity index (χ3n) is 3.28. The maximum atomic E-state index is 11.4. The first-order chi connectivity index (χ1) is 11.2. The third-order valence-corrected chi connectivity index (χ3v) is 3.28. The van der Waals surface area contributed by atoms with Gasteiger partial charge in [-0.3, -0.25) is 0 Å². The molecule has 0 aliphatic rings. The van der Waals surface area contributed by atoms with E-state index in [0.717, 1.165) is 31.4 Å². The SMILES string of the molecule is CC/C=C\CCOC(=O)/C=C/C(=O)OCCCCCCCCC. The van der Waals surface area contributed by atoms with Gasteiger partial charge in [0.2, 0.25) is 0 Å². The number of esters is 2. The largest absolute Gasteiger partial charge is 0.463 e. The highest BCUT2D eigenvalue weighted by Gasteiger charge is 2.00. The van der Waals surface area contributed by atoms with Gasteiger partial charge in [0, 0.05) is 12.2 Å². The van der Waals surface area contributed by atoms with Crippen molar-refractivity contribution in [1.82, 2.24) is 0 Å². The van der Waals surface area contributed by atoms with Crippen molar-refractivity contribution in [2.24, 2.45) is 0 Å². The Kier molecular flexibility index (Phi) is 15.6. The summed E-state index contributed by atoms with van der Waals surface area (Å²) in [6.07, 6.45) is 16.1. The van der Waals surface area contributed by atoms with Crippen LogP contribution in [0.5, 0.6) is 0 Å². The molecule has 0 aliphatic heterocycles. The molecule has 4 nitrogen and oxygen atoms in total. The van der Waals surface area contributed by atoms with E-state index in [-0.39, 0.29) is 0 Å². The summed E-state index contributed by atoms with van der Waals surface area (Å²) in [5.41, 5.74) is 0. The van der Waals surface area contributed by atoms with E-state index < -0.39 is 11.9 Å². The molecule has 4 heteroatoms. The summed E-state index contributed by atoms with van der Waals surface area (Å²) in [4.78, 5) is 22.7. The molecule has 0 aromatic rings. The van der Waals surface area contributed by atoms with Crippen LogP contribution >= 0.6 is 0 Å². The molecule has 0 aliphatic carbocycles. The van der Waals surface area contributed by atoms with Crippen molar-refractivity contribution in [3.05, 3.63) is 24.3 Å². The van der Waals surface area contributed by atoms with Crippen LogP contribution in [0.4, 0.5) is 0 Å². The van der Waals surface area contributed by atoms with E-state index in [4.69, 9.17) is 9.47 Å². The van der Waals surface area contributed by atoms with Crippen molar-refractivity contribution in [2.45, 2.75) is 71.6 Å². The first-order valence-corrected chi connectivity index (χ1v) is 8.87. The first kappa shape index (κ1) is 21.4. The lowest BCUT2D eigenvalue weighted by Crippen LogP contribution is -2.06. The standard InChI is InChI=1S/C19H32O4/c1-3-5-7-9-10-11-13-17-23-19(21)15-14-18(20)22-16-12-8-6-4-2/h6,8,14-15H,3-5,7,9-13,16-17H2,1-2H3/b8-6-,15-14+. The average molecular weight is 324 g/mol. The lowest BCUT2D eigenvalue weighted by Gasteiger charge is -2.02. The topological polar surface area (TPSA) is 52.6 Å². The number of ether oxygens (including phenoxy) is 2. The predicted molar refractivity (Wildman–Crippen MR) is 93.1 cm³/mol. The van der Waals surface area contributed by atoms with E-state index in [9.17, 15) is 9.59 Å². The van der Waals surface area contributed by atoms with Gasteiger partial charge < -0.3 is 9.47 Å². The molecule has 0 bridgehead atoms. The molecule has 132 valence electrons. The van der Waals surface area contributed by atoms with Crippen LogP contribution in [-0.4, -0.2) is 25.2 Å². The minimum Gasteiger partial charge on any atom is -0.463 e. The molecule has 0 heterocycles. The molecule has 0 unspecified atom stereocenters. The monoisotopic (exact) mass is 324 g/mol. The molecular formula is C19H32O4. The molecule has 0 radical (unpaired) electrons. The summed E-state index contributed by atoms with van der Waals surface area (Å²) in [5.74, 6) is -0.999. The number of allylic oxidation sites excluding steroid dienone is 1. The van der Waals surface area contributed by atoms with E-state index in [1.807, 2.05) is 19.1 Å². The minimum atomic E-state index is -0.511. The number of rotatable bonds is 14. The molecule has 0 atom stereocenters. The highest BCUT2D eigenvalue weighted by atomic mass is 16.5. The number of carbonyl (C=O) groups excluding carboxylic acids is 2. The second-order valence-electron chi connectivity index (χ2n) is 5.46. The van der Waals surface area contributed by atoms with Gasteiger partial charge in [0.25, 0.3) is 0 Å². The molecular weight excluding hydrogens is 292 g/mol. The van der Waals surface area contributed by atoms with Gasteiger partial charge in [-0.25, -0.2) is 9.59 Å². The quantitative estimate of drug-likeness (QED) is 0.200. The van der Waals surface area contributed by atoms with E-state index in [2.05, 4.69) is 6.92 Å². The van der Waals surface area contributed by atoms with Crippen LogP contribution in [0.15, 0.2) is 24.3 Å². The minimum absolute atomic E-state index is 0.326. The maximum absolute atomic E-state index is 11.4. The third kappa shape index (κ3) is 16.6. The van der Waals surface area contributed by atoms with Gasteiger partial charge in [-0.2, -0.15) is 0 Å². The van der Waals surface area contributed by atoms with Crippen LogP contribution in [0.3, 0.4) is 0 Å². The average Bonchev–Trinajstić information content (AvgIpc) is 2.55. The number of unbranched alkanes of at least 4 members (excludes halogenated alkanes) is 6. The highest BCUT2D eigenvalue weighted by Crippen LogP contribution is 2.06. The number of hydrogen-bond acceptors (Lipinski definition) is 4. The molecule has 0 aromatic carbocycles. The molecule has 0 aromatic heterocycles. The Balaban J connectivity index is 3.53. The fourth-order valence-electron chi connectivity index (χ4n) is 1.98. The van der Waals surface area contributed by atoms with E-state index in [0.29, 0.717) is 19.6 Å². The van der Waals surface area contributed by atoms with Gasteiger partial charge in [-0.1, -0.05) is 64.5 Å². The summed E-state index contributed by atoms with van der Waals surface area (Å²) < 4.78 is 9.98. The van der Waals surface area contributed by atoms with E-state index >= 15 is 0 Å². The van der Waals surface area contributed by atoms with Crippen LogP contribution in [0.1, 0.15) is 71.6 Å². The molecule has 0 rings (SSSR count). The van der Waals surface area contributed by atoms with Crippen LogP contribution in [-0.2, 0) is 19.1 Å². The van der Waals surface area contributed by atoms with Crippen molar-refractivity contribution < 1.29 is 19.1 Å². The Bertz CT molecular complexity index is 358. The van der Waals surface area contributed by atoms with Gasteiger partial charge in [-0.05, 0) is 19.3 Å². The Hall–Kier alpha value is -1.58. The lowest BCUT2D eigenvalue weighted by atomic mass is 10.1. The molecule has 23 heavy (non-hydrogen) atoms. The van der Waals surface area contributed by atoms with E-state index in [1.54, 1.807) is 0 Å². The Morgan fingerprint density at radius 3 is 1.91 bits per heavy atom. The van der Waals surface area contributed by atoms with E-state index in [1.165, 1.54) is 32.1 Å². The lowest BCUT2D eigenvalue weighted by molar-refractivity contribution is -0.140. The van der Waals surface area contributed by atoms with Crippen molar-refractivity contribution in [2.75, 3.05) is 13.2 Å². The fraction of sp³-hybridized carbons (Fsp3) is 0.684. The molecule has 0 saturated carbocycles. The second-order valence-corrected chi connectivity index (χ2v) is 5.46. The van der Waals surface area contributed by atoms with Crippen LogP contribution < -0.4 is 0 Å². The summed E-state index contributed by atoms with van der Waals surface area (Å²) in [7, 11) is 0.